The first-order chi connectivity index (χ1) is 8.44. The fourth-order valence-corrected chi connectivity index (χ4v) is 3.09. The second-order valence-corrected chi connectivity index (χ2v) is 7.24. The first kappa shape index (κ1) is 16.0. The van der Waals surface area contributed by atoms with Crippen LogP contribution in [-0.2, 0) is 0 Å². The van der Waals surface area contributed by atoms with E-state index in [1.165, 1.54) is 25.7 Å². The highest BCUT2D eigenvalue weighted by atomic mass is 16.2. The molecule has 0 bridgehead atoms. The largest absolute Gasteiger partial charge is 0.396 e. The lowest BCUT2D eigenvalue weighted by Crippen LogP contribution is -2.40. The number of aliphatic hydroxyl groups excluding tert-OH is 1. The van der Waals surface area contributed by atoms with E-state index in [1.54, 1.807) is 0 Å². The van der Waals surface area contributed by atoms with Crippen LogP contribution in [0.3, 0.4) is 0 Å². The van der Waals surface area contributed by atoms with Gasteiger partial charge in [0.1, 0.15) is 0 Å². The number of hydrogen-bond acceptors (Lipinski definition) is 2. The molecule has 0 aromatic carbocycles. The Labute approximate surface area is 114 Å². The van der Waals surface area contributed by atoms with Crippen molar-refractivity contribution in [2.75, 3.05) is 13.2 Å². The molecule has 1 aliphatic rings. The van der Waals surface area contributed by atoms with E-state index in [4.69, 9.17) is 5.11 Å². The summed E-state index contributed by atoms with van der Waals surface area (Å²) in [5, 5.41) is 12.7. The first-order valence-corrected chi connectivity index (χ1v) is 7.79. The Bertz CT molecular complexity index is 225. The molecule has 1 rings (SSSR count). The van der Waals surface area contributed by atoms with E-state index in [9.17, 15) is 0 Å². The van der Waals surface area contributed by atoms with E-state index < -0.39 is 0 Å². The van der Waals surface area contributed by atoms with Crippen LogP contribution < -0.4 is 5.32 Å². The van der Waals surface area contributed by atoms with Gasteiger partial charge in [-0.2, -0.15) is 0 Å². The molecule has 2 heteroatoms. The summed E-state index contributed by atoms with van der Waals surface area (Å²) in [6.07, 6.45) is 7.54. The Morgan fingerprint density at radius 3 is 2.61 bits per heavy atom. The number of aliphatic hydroxyl groups is 1. The number of rotatable bonds is 7. The molecule has 0 heterocycles. The van der Waals surface area contributed by atoms with E-state index in [2.05, 4.69) is 33.0 Å². The fourth-order valence-electron chi connectivity index (χ4n) is 3.09. The van der Waals surface area contributed by atoms with E-state index in [1.807, 2.05) is 0 Å². The quantitative estimate of drug-likeness (QED) is 0.728. The third-order valence-corrected chi connectivity index (χ3v) is 4.54. The summed E-state index contributed by atoms with van der Waals surface area (Å²) < 4.78 is 0. The van der Waals surface area contributed by atoms with Crippen LogP contribution in [0, 0.1) is 17.3 Å². The average Bonchev–Trinajstić information content (AvgIpc) is 2.34. The van der Waals surface area contributed by atoms with Crippen LogP contribution >= 0.6 is 0 Å². The highest BCUT2D eigenvalue weighted by Crippen LogP contribution is 2.30. The number of nitrogens with one attached hydrogen (secondary N) is 1. The molecule has 18 heavy (non-hydrogen) atoms. The Balaban J connectivity index is 2.29. The molecule has 1 saturated carbocycles. The van der Waals surface area contributed by atoms with Gasteiger partial charge in [0, 0.05) is 19.2 Å². The van der Waals surface area contributed by atoms with Gasteiger partial charge < -0.3 is 10.4 Å². The van der Waals surface area contributed by atoms with Crippen molar-refractivity contribution in [3.05, 3.63) is 0 Å². The molecule has 0 aromatic heterocycles. The molecule has 1 aliphatic carbocycles. The van der Waals surface area contributed by atoms with Crippen molar-refractivity contribution in [3.8, 4) is 0 Å². The second-order valence-electron chi connectivity index (χ2n) is 7.24. The Hall–Kier alpha value is -0.0800. The van der Waals surface area contributed by atoms with Crippen LogP contribution in [0.1, 0.15) is 66.2 Å². The highest BCUT2D eigenvalue weighted by Gasteiger charge is 2.25. The van der Waals surface area contributed by atoms with Crippen molar-refractivity contribution < 1.29 is 5.11 Å². The van der Waals surface area contributed by atoms with E-state index in [0.29, 0.717) is 12.0 Å². The first-order valence-electron chi connectivity index (χ1n) is 7.79. The molecule has 2 nitrogen and oxygen atoms in total. The molecule has 0 saturated heterocycles. The fraction of sp³-hybridized carbons (Fsp3) is 1.00. The summed E-state index contributed by atoms with van der Waals surface area (Å²) in [4.78, 5) is 0. The highest BCUT2D eigenvalue weighted by molar-refractivity contribution is 4.82. The Morgan fingerprint density at radius 1 is 1.28 bits per heavy atom. The molecule has 0 aliphatic heterocycles. The van der Waals surface area contributed by atoms with Gasteiger partial charge in [0.25, 0.3) is 0 Å². The molecule has 108 valence electrons. The van der Waals surface area contributed by atoms with Crippen LogP contribution in [0.4, 0.5) is 0 Å². The van der Waals surface area contributed by atoms with E-state index in [-0.39, 0.29) is 0 Å². The average molecular weight is 255 g/mol. The molecule has 2 atom stereocenters. The summed E-state index contributed by atoms with van der Waals surface area (Å²) in [5.41, 5.74) is 0.313. The second kappa shape index (κ2) is 7.49. The van der Waals surface area contributed by atoms with Gasteiger partial charge in [-0.05, 0) is 42.9 Å². The molecule has 0 spiro atoms. The Kier molecular flexibility index (Phi) is 6.65. The van der Waals surface area contributed by atoms with Gasteiger partial charge in [-0.1, -0.05) is 40.5 Å². The van der Waals surface area contributed by atoms with Crippen molar-refractivity contribution in [2.24, 2.45) is 17.3 Å². The van der Waals surface area contributed by atoms with Crippen molar-refractivity contribution in [3.63, 3.8) is 0 Å². The summed E-state index contributed by atoms with van der Waals surface area (Å²) in [5.74, 6) is 1.74. The lowest BCUT2D eigenvalue weighted by Gasteiger charge is -2.35. The van der Waals surface area contributed by atoms with Gasteiger partial charge in [0.05, 0.1) is 0 Å². The van der Waals surface area contributed by atoms with Crippen molar-refractivity contribution in [1.82, 2.24) is 5.32 Å². The topological polar surface area (TPSA) is 32.3 Å². The zero-order chi connectivity index (χ0) is 13.6. The lowest BCUT2D eigenvalue weighted by molar-refractivity contribution is 0.198. The van der Waals surface area contributed by atoms with Gasteiger partial charge in [-0.15, -0.1) is 0 Å². The smallest absolute Gasteiger partial charge is 0.0431 e. The minimum absolute atomic E-state index is 0.313. The standard InChI is InChI=1S/C16H33NO/c1-13(2)14-7-5-8-15(11-14)17-12-16(3,4)9-6-10-18/h13-15,17-18H,5-12H2,1-4H3. The van der Waals surface area contributed by atoms with Gasteiger partial charge in [-0.3, -0.25) is 0 Å². The monoisotopic (exact) mass is 255 g/mol. The molecular formula is C16H33NO. The maximum atomic E-state index is 8.92. The van der Waals surface area contributed by atoms with Crippen LogP contribution in [0.25, 0.3) is 0 Å². The van der Waals surface area contributed by atoms with E-state index in [0.717, 1.165) is 37.3 Å². The van der Waals surface area contributed by atoms with Gasteiger partial charge in [0.15, 0.2) is 0 Å². The molecule has 1 fully saturated rings. The third kappa shape index (κ3) is 5.71. The summed E-state index contributed by atoms with van der Waals surface area (Å²) in [7, 11) is 0. The molecule has 0 aromatic rings. The molecule has 2 N–H and O–H groups in total. The van der Waals surface area contributed by atoms with Gasteiger partial charge in [0.2, 0.25) is 0 Å². The maximum Gasteiger partial charge on any atom is 0.0431 e. The van der Waals surface area contributed by atoms with Crippen molar-refractivity contribution >= 4 is 0 Å². The predicted molar refractivity (Wildman–Crippen MR) is 78.7 cm³/mol. The zero-order valence-electron chi connectivity index (χ0n) is 12.8. The molecule has 2 unspecified atom stereocenters. The minimum Gasteiger partial charge on any atom is -0.396 e. The van der Waals surface area contributed by atoms with Crippen LogP contribution in [0.2, 0.25) is 0 Å². The summed E-state index contributed by atoms with van der Waals surface area (Å²) in [6, 6.07) is 0.722. The molecular weight excluding hydrogens is 222 g/mol. The zero-order valence-corrected chi connectivity index (χ0v) is 12.8. The molecule has 0 amide bonds. The van der Waals surface area contributed by atoms with E-state index >= 15 is 0 Å². The Morgan fingerprint density at radius 2 is 2.00 bits per heavy atom. The number of hydrogen-bond donors (Lipinski definition) is 2. The normalized spacial score (nSPS) is 25.7. The predicted octanol–water partition coefficient (Wildman–Crippen LogP) is 3.59. The van der Waals surface area contributed by atoms with Crippen LogP contribution in [0.15, 0.2) is 0 Å². The maximum absolute atomic E-state index is 8.92. The summed E-state index contributed by atoms with van der Waals surface area (Å²) >= 11 is 0. The SMILES string of the molecule is CC(C)C1CCCC(NCC(C)(C)CCCO)C1. The minimum atomic E-state index is 0.313. The van der Waals surface area contributed by atoms with Gasteiger partial charge >= 0.3 is 0 Å². The van der Waals surface area contributed by atoms with Crippen molar-refractivity contribution in [2.45, 2.75) is 72.3 Å². The van der Waals surface area contributed by atoms with Gasteiger partial charge in [-0.25, -0.2) is 0 Å². The third-order valence-electron chi connectivity index (χ3n) is 4.54. The van der Waals surface area contributed by atoms with Crippen LogP contribution in [-0.4, -0.2) is 24.3 Å². The lowest BCUT2D eigenvalue weighted by atomic mass is 9.79. The summed E-state index contributed by atoms with van der Waals surface area (Å²) in [6.45, 7) is 10.7. The van der Waals surface area contributed by atoms with Crippen LogP contribution in [0.5, 0.6) is 0 Å². The van der Waals surface area contributed by atoms with Crippen molar-refractivity contribution in [1.29, 1.82) is 0 Å². The molecule has 0 radical (unpaired) electrons.